The minimum atomic E-state index is -1.10. The monoisotopic (exact) mass is 321 g/mol. The number of nitrogens with one attached hydrogen (secondary N) is 2. The first-order valence-electron chi connectivity index (χ1n) is 6.39. The van der Waals surface area contributed by atoms with Crippen LogP contribution in [0.4, 0.5) is 4.79 Å². The summed E-state index contributed by atoms with van der Waals surface area (Å²) in [6.45, 7) is 7.21. The highest BCUT2D eigenvalue weighted by Gasteiger charge is 2.16. The highest BCUT2D eigenvalue weighted by atomic mass is 16.7. The summed E-state index contributed by atoms with van der Waals surface area (Å²) in [5, 5.41) is 24.5. The Bertz CT molecular complexity index is 404. The lowest BCUT2D eigenvalue weighted by Gasteiger charge is -2.19. The van der Waals surface area contributed by atoms with Gasteiger partial charge in [-0.3, -0.25) is 4.79 Å². The molecule has 11 heteroatoms. The maximum atomic E-state index is 10.8. The van der Waals surface area contributed by atoms with Gasteiger partial charge in [0, 0.05) is 6.54 Å². The summed E-state index contributed by atoms with van der Waals surface area (Å²) in [6, 6.07) is 0. The van der Waals surface area contributed by atoms with Crippen molar-refractivity contribution >= 4 is 18.0 Å². The molecule has 0 radical (unpaired) electrons. The number of guanidine groups is 1. The van der Waals surface area contributed by atoms with Crippen LogP contribution in [0.25, 0.3) is 0 Å². The lowest BCUT2D eigenvalue weighted by molar-refractivity contribution is -0.485. The molecule has 22 heavy (non-hydrogen) atoms. The number of nitrogens with zero attached hydrogens (tertiary/aromatic N) is 2. The molecule has 0 bridgehead atoms. The third kappa shape index (κ3) is 19.7. The van der Waals surface area contributed by atoms with E-state index in [4.69, 9.17) is 15.6 Å². The molecule has 0 atom stereocenters. The van der Waals surface area contributed by atoms with Gasteiger partial charge in [0.25, 0.3) is 5.96 Å². The van der Waals surface area contributed by atoms with Crippen LogP contribution in [0, 0.1) is 10.1 Å². The number of amides is 1. The fourth-order valence-corrected chi connectivity index (χ4v) is 0.838. The standard InChI is InChI=1S/C7H13NO4.C4H10N4O2/c1-7(2,3)12-6(11)8-4-5(9)10;1-2-3-6-4(5)7-8(9)10/h4H2,1-3H3,(H,8,11)(H,9,10);2-3H2,1H3,(H3,5,6,7). The molecule has 0 unspecified atom stereocenters. The number of nitro groups is 1. The van der Waals surface area contributed by atoms with Crippen molar-refractivity contribution < 1.29 is 24.5 Å². The molecule has 0 saturated carbocycles. The Labute approximate surface area is 128 Å². The number of ether oxygens (including phenoxy) is 1. The second-order valence-corrected chi connectivity index (χ2v) is 4.90. The Morgan fingerprint density at radius 3 is 2.27 bits per heavy atom. The normalized spacial score (nSPS) is 10.8. The van der Waals surface area contributed by atoms with E-state index >= 15 is 0 Å². The number of carbonyl (C=O) groups is 2. The number of nitrogens with two attached hydrogens (primary N) is 1. The van der Waals surface area contributed by atoms with Crippen molar-refractivity contribution in [1.82, 2.24) is 10.6 Å². The summed E-state index contributed by atoms with van der Waals surface area (Å²) in [4.78, 5) is 30.4. The third-order valence-electron chi connectivity index (χ3n) is 1.53. The van der Waals surface area contributed by atoms with Crippen LogP contribution in [0.5, 0.6) is 0 Å². The first-order valence-corrected chi connectivity index (χ1v) is 6.39. The van der Waals surface area contributed by atoms with Crippen molar-refractivity contribution in [2.24, 2.45) is 10.8 Å². The molecular formula is C11H23N5O6. The van der Waals surface area contributed by atoms with Crippen molar-refractivity contribution in [3.8, 4) is 0 Å². The number of hydrogen-bond donors (Lipinski definition) is 4. The number of hydrogen-bond acceptors (Lipinski definition) is 5. The summed E-state index contributed by atoms with van der Waals surface area (Å²) in [5.74, 6) is -1.24. The molecule has 1 amide bonds. The van der Waals surface area contributed by atoms with Crippen molar-refractivity contribution in [3.63, 3.8) is 0 Å². The Morgan fingerprint density at radius 2 is 1.91 bits per heavy atom. The van der Waals surface area contributed by atoms with Gasteiger partial charge in [0.1, 0.15) is 17.2 Å². The first kappa shape index (κ1) is 21.7. The molecule has 0 aromatic carbocycles. The molecule has 0 aromatic heterocycles. The Morgan fingerprint density at radius 1 is 1.36 bits per heavy atom. The summed E-state index contributed by atoms with van der Waals surface area (Å²) in [5.41, 5.74) is 4.46. The van der Waals surface area contributed by atoms with E-state index in [9.17, 15) is 19.7 Å². The van der Waals surface area contributed by atoms with Gasteiger partial charge in [-0.25, -0.2) is 14.9 Å². The molecule has 11 nitrogen and oxygen atoms in total. The second kappa shape index (κ2) is 11.1. The molecule has 0 aliphatic rings. The Balaban J connectivity index is 0. The number of aliphatic carboxylic acids is 1. The number of carboxylic acids is 1. The van der Waals surface area contributed by atoms with E-state index in [1.807, 2.05) is 6.92 Å². The molecule has 0 fully saturated rings. The van der Waals surface area contributed by atoms with Crippen LogP contribution in [0.1, 0.15) is 34.1 Å². The van der Waals surface area contributed by atoms with Gasteiger partial charge in [0.05, 0.1) is 0 Å². The fourth-order valence-electron chi connectivity index (χ4n) is 0.838. The van der Waals surface area contributed by atoms with Gasteiger partial charge in [-0.05, 0) is 27.2 Å². The Hall–Kier alpha value is -2.59. The van der Waals surface area contributed by atoms with Crippen LogP contribution in [0.2, 0.25) is 0 Å². The van der Waals surface area contributed by atoms with Gasteiger partial charge in [-0.1, -0.05) is 6.92 Å². The topological polar surface area (TPSA) is 169 Å². The highest BCUT2D eigenvalue weighted by molar-refractivity contribution is 5.77. The van der Waals surface area contributed by atoms with Crippen LogP contribution in [-0.2, 0) is 9.53 Å². The molecule has 0 aliphatic heterocycles. The van der Waals surface area contributed by atoms with Crippen LogP contribution in [-0.4, -0.2) is 46.9 Å². The highest BCUT2D eigenvalue weighted by Crippen LogP contribution is 2.05. The third-order valence-corrected chi connectivity index (χ3v) is 1.53. The van der Waals surface area contributed by atoms with Crippen molar-refractivity contribution in [2.45, 2.75) is 39.7 Å². The van der Waals surface area contributed by atoms with Crippen LogP contribution >= 0.6 is 0 Å². The van der Waals surface area contributed by atoms with E-state index in [1.54, 1.807) is 20.8 Å². The molecule has 0 spiro atoms. The van der Waals surface area contributed by atoms with Gasteiger partial charge in [-0.2, -0.15) is 0 Å². The summed E-state index contributed by atoms with van der Waals surface area (Å²) < 4.78 is 4.77. The zero-order valence-electron chi connectivity index (χ0n) is 13.1. The molecule has 0 aliphatic carbocycles. The van der Waals surface area contributed by atoms with Crippen LogP contribution < -0.4 is 16.4 Å². The van der Waals surface area contributed by atoms with Crippen molar-refractivity contribution in [1.29, 1.82) is 0 Å². The van der Waals surface area contributed by atoms with Gasteiger partial charge in [-0.15, -0.1) is 0 Å². The Kier molecular flexibility index (Phi) is 11.0. The van der Waals surface area contributed by atoms with E-state index in [2.05, 4.69) is 15.7 Å². The van der Waals surface area contributed by atoms with Crippen LogP contribution in [0.3, 0.4) is 0 Å². The lowest BCUT2D eigenvalue weighted by Crippen LogP contribution is -2.35. The zero-order chi connectivity index (χ0) is 17.8. The van der Waals surface area contributed by atoms with Crippen molar-refractivity contribution in [2.75, 3.05) is 13.1 Å². The first-order chi connectivity index (χ1) is 9.97. The molecule has 0 rings (SSSR count). The van der Waals surface area contributed by atoms with Crippen LogP contribution in [0.15, 0.2) is 5.10 Å². The number of rotatable bonds is 5. The molecule has 128 valence electrons. The number of hydrazone groups is 1. The van der Waals surface area contributed by atoms with Gasteiger partial charge >= 0.3 is 12.1 Å². The molecule has 0 heterocycles. The van der Waals surface area contributed by atoms with Gasteiger partial charge < -0.3 is 26.2 Å². The van der Waals surface area contributed by atoms with E-state index in [-0.39, 0.29) is 5.96 Å². The average molecular weight is 321 g/mol. The predicted octanol–water partition coefficient (Wildman–Crippen LogP) is 0.0881. The maximum absolute atomic E-state index is 10.8. The van der Waals surface area contributed by atoms with E-state index in [1.165, 1.54) is 0 Å². The molecule has 0 aromatic rings. The lowest BCUT2D eigenvalue weighted by atomic mass is 10.2. The number of alkyl carbamates (subject to hydrolysis) is 1. The summed E-state index contributed by atoms with van der Waals surface area (Å²) in [7, 11) is 0. The molecular weight excluding hydrogens is 298 g/mol. The number of carbonyl (C=O) groups excluding carboxylic acids is 1. The average Bonchev–Trinajstić information content (AvgIpc) is 2.32. The summed E-state index contributed by atoms with van der Waals surface area (Å²) in [6.07, 6.45) is 0.137. The van der Waals surface area contributed by atoms with Gasteiger partial charge in [0.15, 0.2) is 5.03 Å². The zero-order valence-corrected chi connectivity index (χ0v) is 13.1. The molecule has 5 N–H and O–H groups in total. The van der Waals surface area contributed by atoms with E-state index in [0.29, 0.717) is 6.54 Å². The van der Waals surface area contributed by atoms with Crippen molar-refractivity contribution in [3.05, 3.63) is 10.1 Å². The SMILES string of the molecule is CC(C)(C)OC(=O)NCC(=O)O.CCCN/C(N)=N/[N+](=O)[O-]. The minimum absolute atomic E-state index is 0.146. The fraction of sp³-hybridized carbons (Fsp3) is 0.727. The van der Waals surface area contributed by atoms with E-state index in [0.717, 1.165) is 6.42 Å². The minimum Gasteiger partial charge on any atom is -0.480 e. The predicted molar refractivity (Wildman–Crippen MR) is 78.8 cm³/mol. The molecule has 0 saturated heterocycles. The number of carboxylic acid groups (broad SMARTS) is 1. The summed E-state index contributed by atoms with van der Waals surface area (Å²) >= 11 is 0. The largest absolute Gasteiger partial charge is 0.480 e. The van der Waals surface area contributed by atoms with E-state index < -0.39 is 29.2 Å². The second-order valence-electron chi connectivity index (χ2n) is 4.90. The quantitative estimate of drug-likeness (QED) is 0.239. The maximum Gasteiger partial charge on any atom is 0.408 e. The smallest absolute Gasteiger partial charge is 0.408 e. The van der Waals surface area contributed by atoms with Gasteiger partial charge in [0.2, 0.25) is 0 Å².